The second kappa shape index (κ2) is 3.73. The van der Waals surface area contributed by atoms with Crippen LogP contribution in [0.1, 0.15) is 5.56 Å². The van der Waals surface area contributed by atoms with E-state index in [-0.39, 0.29) is 5.56 Å². The van der Waals surface area contributed by atoms with Crippen LogP contribution in [0, 0.1) is 0 Å². The zero-order chi connectivity index (χ0) is 10.7. The van der Waals surface area contributed by atoms with Gasteiger partial charge >= 0.3 is 11.7 Å². The summed E-state index contributed by atoms with van der Waals surface area (Å²) in [5.41, 5.74) is -1.03. The first kappa shape index (κ1) is 9.97. The van der Waals surface area contributed by atoms with E-state index >= 15 is 0 Å². The Morgan fingerprint density at radius 3 is 2.79 bits per heavy atom. The predicted molar refractivity (Wildman–Crippen MR) is 49.0 cm³/mol. The fourth-order valence-electron chi connectivity index (χ4n) is 0.863. The minimum Gasteiger partial charge on any atom is -0.478 e. The molecule has 2 N–H and O–H groups in total. The van der Waals surface area contributed by atoms with Crippen LogP contribution in [0.15, 0.2) is 21.9 Å². The Hall–Kier alpha value is -2.11. The van der Waals surface area contributed by atoms with Gasteiger partial charge in [-0.25, -0.2) is 9.59 Å². The van der Waals surface area contributed by atoms with Crippen molar-refractivity contribution in [1.29, 1.82) is 0 Å². The number of nitrogens with one attached hydrogen (secondary N) is 1. The number of rotatable bonds is 2. The molecule has 0 bridgehead atoms. The molecule has 1 aromatic rings. The third kappa shape index (κ3) is 2.19. The molecule has 0 amide bonds. The molecule has 6 nitrogen and oxygen atoms in total. The minimum absolute atomic E-state index is 0.120. The second-order valence-corrected chi connectivity index (χ2v) is 2.63. The smallest absolute Gasteiger partial charge is 0.328 e. The Kier molecular flexibility index (Phi) is 2.66. The van der Waals surface area contributed by atoms with E-state index in [0.29, 0.717) is 0 Å². The summed E-state index contributed by atoms with van der Waals surface area (Å²) in [4.78, 5) is 34.2. The molecule has 6 heteroatoms. The zero-order valence-electron chi connectivity index (χ0n) is 7.35. The summed E-state index contributed by atoms with van der Waals surface area (Å²) in [7, 11) is 1.45. The summed E-state index contributed by atoms with van der Waals surface area (Å²) in [6.07, 6.45) is 3.22. The molecule has 0 fully saturated rings. The van der Waals surface area contributed by atoms with Crippen LogP contribution in [0.25, 0.3) is 6.08 Å². The lowest BCUT2D eigenvalue weighted by molar-refractivity contribution is -0.131. The SMILES string of the molecule is Cn1cc(C=CC(=O)O)c(=O)[nH]c1=O. The van der Waals surface area contributed by atoms with Crippen molar-refractivity contribution in [3.05, 3.63) is 38.7 Å². The summed E-state index contributed by atoms with van der Waals surface area (Å²) in [5.74, 6) is -1.15. The van der Waals surface area contributed by atoms with Gasteiger partial charge in [0.2, 0.25) is 0 Å². The molecule has 0 saturated carbocycles. The van der Waals surface area contributed by atoms with Gasteiger partial charge in [0, 0.05) is 19.3 Å². The van der Waals surface area contributed by atoms with Crippen LogP contribution < -0.4 is 11.2 Å². The first-order valence-corrected chi connectivity index (χ1v) is 3.71. The zero-order valence-corrected chi connectivity index (χ0v) is 7.35. The Bertz CT molecular complexity index is 495. The Morgan fingerprint density at radius 1 is 1.57 bits per heavy atom. The number of nitrogens with zero attached hydrogens (tertiary/aromatic N) is 1. The van der Waals surface area contributed by atoms with Crippen LogP contribution in [0.4, 0.5) is 0 Å². The van der Waals surface area contributed by atoms with Crippen molar-refractivity contribution < 1.29 is 9.90 Å². The van der Waals surface area contributed by atoms with E-state index in [1.165, 1.54) is 13.2 Å². The molecule has 0 aliphatic carbocycles. The van der Waals surface area contributed by atoms with Gasteiger partial charge in [0.05, 0.1) is 5.56 Å². The molecule has 1 rings (SSSR count). The normalized spacial score (nSPS) is 10.6. The first-order valence-electron chi connectivity index (χ1n) is 3.71. The van der Waals surface area contributed by atoms with Crippen LogP contribution in [-0.2, 0) is 11.8 Å². The molecule has 1 heterocycles. The van der Waals surface area contributed by atoms with E-state index in [4.69, 9.17) is 5.11 Å². The highest BCUT2D eigenvalue weighted by Gasteiger charge is 1.98. The lowest BCUT2D eigenvalue weighted by Gasteiger charge is -1.96. The van der Waals surface area contributed by atoms with Crippen LogP contribution >= 0.6 is 0 Å². The molecule has 0 atom stereocenters. The number of hydrogen-bond acceptors (Lipinski definition) is 3. The van der Waals surface area contributed by atoms with Crippen LogP contribution in [-0.4, -0.2) is 20.6 Å². The van der Waals surface area contributed by atoms with Crippen LogP contribution in [0.3, 0.4) is 0 Å². The number of carbonyl (C=O) groups is 1. The molecule has 74 valence electrons. The maximum Gasteiger partial charge on any atom is 0.328 e. The molecule has 1 aromatic heterocycles. The van der Waals surface area contributed by atoms with E-state index in [1.807, 2.05) is 4.98 Å². The predicted octanol–water partition coefficient (Wildman–Crippen LogP) is -0.829. The van der Waals surface area contributed by atoms with Gasteiger partial charge in [-0.15, -0.1) is 0 Å². The Balaban J connectivity index is 3.24. The van der Waals surface area contributed by atoms with Crippen molar-refractivity contribution in [2.24, 2.45) is 7.05 Å². The molecule has 0 unspecified atom stereocenters. The molecule has 0 spiro atoms. The lowest BCUT2D eigenvalue weighted by Crippen LogP contribution is -2.28. The van der Waals surface area contributed by atoms with Gasteiger partial charge in [0.15, 0.2) is 0 Å². The number of H-pyrrole nitrogens is 1. The number of aliphatic carboxylic acids is 1. The average Bonchev–Trinajstić information content (AvgIpc) is 2.09. The highest BCUT2D eigenvalue weighted by Crippen LogP contribution is 1.90. The van der Waals surface area contributed by atoms with E-state index in [1.54, 1.807) is 0 Å². The molecule has 0 saturated heterocycles. The summed E-state index contributed by atoms with van der Waals surface area (Å²) in [6, 6.07) is 0. The molecule has 0 radical (unpaired) electrons. The maximum atomic E-state index is 11.1. The van der Waals surface area contributed by atoms with Crippen LogP contribution in [0.5, 0.6) is 0 Å². The van der Waals surface area contributed by atoms with Crippen molar-refractivity contribution in [3.8, 4) is 0 Å². The summed E-state index contributed by atoms with van der Waals surface area (Å²) >= 11 is 0. The minimum atomic E-state index is -1.15. The first-order chi connectivity index (χ1) is 6.50. The Morgan fingerprint density at radius 2 is 2.21 bits per heavy atom. The van der Waals surface area contributed by atoms with Gasteiger partial charge in [0.25, 0.3) is 5.56 Å². The summed E-state index contributed by atoms with van der Waals surface area (Å²) in [5, 5.41) is 8.32. The third-order valence-electron chi connectivity index (χ3n) is 1.54. The fourth-order valence-corrected chi connectivity index (χ4v) is 0.863. The molecule has 0 aliphatic rings. The van der Waals surface area contributed by atoms with Gasteiger partial charge in [-0.1, -0.05) is 0 Å². The molecular weight excluding hydrogens is 188 g/mol. The van der Waals surface area contributed by atoms with E-state index in [0.717, 1.165) is 16.7 Å². The van der Waals surface area contributed by atoms with Crippen LogP contribution in [0.2, 0.25) is 0 Å². The standard InChI is InChI=1S/C8H8N2O4/c1-10-4-5(2-3-6(11)12)7(13)9-8(10)14/h2-4H,1H3,(H,11,12)(H,9,13,14). The number of carboxylic acid groups (broad SMARTS) is 1. The number of aryl methyl sites for hydroxylation is 1. The van der Waals surface area contributed by atoms with Gasteiger partial charge < -0.3 is 9.67 Å². The lowest BCUT2D eigenvalue weighted by atomic mass is 10.3. The van der Waals surface area contributed by atoms with Crippen molar-refractivity contribution in [3.63, 3.8) is 0 Å². The van der Waals surface area contributed by atoms with Crippen molar-refractivity contribution in [2.45, 2.75) is 0 Å². The number of hydrogen-bond donors (Lipinski definition) is 2. The topological polar surface area (TPSA) is 92.2 Å². The summed E-state index contributed by atoms with van der Waals surface area (Å²) < 4.78 is 1.16. The molecule has 14 heavy (non-hydrogen) atoms. The van der Waals surface area contributed by atoms with E-state index in [2.05, 4.69) is 0 Å². The average molecular weight is 196 g/mol. The van der Waals surface area contributed by atoms with Gasteiger partial charge in [-0.05, 0) is 6.08 Å². The highest BCUT2D eigenvalue weighted by molar-refractivity contribution is 5.85. The quantitative estimate of drug-likeness (QED) is 0.604. The molecule has 0 aliphatic heterocycles. The fraction of sp³-hybridized carbons (Fsp3) is 0.125. The van der Waals surface area contributed by atoms with Gasteiger partial charge in [0.1, 0.15) is 0 Å². The number of aromatic nitrogens is 2. The molecule has 0 aromatic carbocycles. The number of carboxylic acids is 1. The van der Waals surface area contributed by atoms with E-state index < -0.39 is 17.2 Å². The maximum absolute atomic E-state index is 11.1. The number of aromatic amines is 1. The van der Waals surface area contributed by atoms with Crippen molar-refractivity contribution >= 4 is 12.0 Å². The monoisotopic (exact) mass is 196 g/mol. The van der Waals surface area contributed by atoms with Crippen molar-refractivity contribution in [2.75, 3.05) is 0 Å². The highest BCUT2D eigenvalue weighted by atomic mass is 16.4. The molecular formula is C8H8N2O4. The largest absolute Gasteiger partial charge is 0.478 e. The second-order valence-electron chi connectivity index (χ2n) is 2.63. The van der Waals surface area contributed by atoms with Gasteiger partial charge in [-0.2, -0.15) is 0 Å². The summed E-state index contributed by atoms with van der Waals surface area (Å²) in [6.45, 7) is 0. The van der Waals surface area contributed by atoms with Crippen molar-refractivity contribution in [1.82, 2.24) is 9.55 Å². The Labute approximate surface area is 78.1 Å². The third-order valence-corrected chi connectivity index (χ3v) is 1.54. The van der Waals surface area contributed by atoms with Gasteiger partial charge in [-0.3, -0.25) is 9.78 Å². The van der Waals surface area contributed by atoms with E-state index in [9.17, 15) is 14.4 Å².